The van der Waals surface area contributed by atoms with Gasteiger partial charge in [-0.15, -0.1) is 0 Å². The van der Waals surface area contributed by atoms with Crippen molar-refractivity contribution in [3.05, 3.63) is 77.4 Å². The SMILES string of the molecule is O=C(CCN1CCCCC1)N1CCC(=C(c2ccccc2)c2ccccc2)CC1. The van der Waals surface area contributed by atoms with Crippen LogP contribution in [0.15, 0.2) is 66.2 Å². The average Bonchev–Trinajstić information content (AvgIpc) is 2.80. The van der Waals surface area contributed by atoms with Gasteiger partial charge in [-0.3, -0.25) is 4.79 Å². The van der Waals surface area contributed by atoms with E-state index in [1.165, 1.54) is 41.5 Å². The number of hydrogen-bond donors (Lipinski definition) is 0. The maximum absolute atomic E-state index is 12.7. The molecule has 0 aromatic heterocycles. The minimum absolute atomic E-state index is 0.329. The molecule has 152 valence electrons. The first kappa shape index (κ1) is 19.9. The molecule has 2 aromatic rings. The van der Waals surface area contributed by atoms with Crippen molar-refractivity contribution in [3.8, 4) is 0 Å². The second-order valence-corrected chi connectivity index (χ2v) is 8.24. The molecule has 2 aliphatic heterocycles. The third kappa shape index (κ3) is 5.16. The second-order valence-electron chi connectivity index (χ2n) is 8.24. The Morgan fingerprint density at radius 3 is 1.83 bits per heavy atom. The number of benzene rings is 2. The summed E-state index contributed by atoms with van der Waals surface area (Å²) >= 11 is 0. The fraction of sp³-hybridized carbons (Fsp3) is 0.423. The van der Waals surface area contributed by atoms with Gasteiger partial charge < -0.3 is 9.80 Å². The standard InChI is InChI=1S/C26H32N2O/c29-25(16-19-27-17-8-3-9-18-27)28-20-14-24(15-21-28)26(22-10-4-1-5-11-22)23-12-6-2-7-13-23/h1-2,4-7,10-13H,3,8-9,14-21H2. The summed E-state index contributed by atoms with van der Waals surface area (Å²) in [5, 5.41) is 0. The van der Waals surface area contributed by atoms with Crippen molar-refractivity contribution in [2.75, 3.05) is 32.7 Å². The van der Waals surface area contributed by atoms with E-state index >= 15 is 0 Å². The lowest BCUT2D eigenvalue weighted by Crippen LogP contribution is -2.39. The lowest BCUT2D eigenvalue weighted by molar-refractivity contribution is -0.132. The van der Waals surface area contributed by atoms with Crippen LogP contribution in [-0.4, -0.2) is 48.4 Å². The summed E-state index contributed by atoms with van der Waals surface area (Å²) in [4.78, 5) is 17.3. The zero-order valence-corrected chi connectivity index (χ0v) is 17.4. The number of rotatable bonds is 5. The second kappa shape index (κ2) is 9.89. The summed E-state index contributed by atoms with van der Waals surface area (Å²) in [6.45, 7) is 4.95. The van der Waals surface area contributed by atoms with Crippen LogP contribution < -0.4 is 0 Å². The number of carbonyl (C=O) groups excluding carboxylic acids is 1. The van der Waals surface area contributed by atoms with Crippen LogP contribution in [0.2, 0.25) is 0 Å². The molecule has 29 heavy (non-hydrogen) atoms. The van der Waals surface area contributed by atoms with Gasteiger partial charge in [0, 0.05) is 26.1 Å². The lowest BCUT2D eigenvalue weighted by atomic mass is 9.88. The van der Waals surface area contributed by atoms with Gasteiger partial charge in [0.05, 0.1) is 0 Å². The van der Waals surface area contributed by atoms with Crippen molar-refractivity contribution in [2.24, 2.45) is 0 Å². The van der Waals surface area contributed by atoms with E-state index in [-0.39, 0.29) is 0 Å². The third-order valence-corrected chi connectivity index (χ3v) is 6.29. The Kier molecular flexibility index (Phi) is 6.79. The summed E-state index contributed by atoms with van der Waals surface area (Å²) in [7, 11) is 0. The molecule has 0 bridgehead atoms. The summed E-state index contributed by atoms with van der Waals surface area (Å²) in [6, 6.07) is 21.4. The van der Waals surface area contributed by atoms with E-state index in [0.29, 0.717) is 12.3 Å². The molecule has 2 heterocycles. The molecule has 2 saturated heterocycles. The predicted molar refractivity (Wildman–Crippen MR) is 120 cm³/mol. The quantitative estimate of drug-likeness (QED) is 0.721. The zero-order chi connectivity index (χ0) is 19.9. The summed E-state index contributed by atoms with van der Waals surface area (Å²) < 4.78 is 0. The Balaban J connectivity index is 1.43. The minimum atomic E-state index is 0.329. The fourth-order valence-corrected chi connectivity index (χ4v) is 4.66. The summed E-state index contributed by atoms with van der Waals surface area (Å²) in [5.74, 6) is 0.329. The topological polar surface area (TPSA) is 23.6 Å². The lowest BCUT2D eigenvalue weighted by Gasteiger charge is -2.32. The first-order valence-electron chi connectivity index (χ1n) is 11.1. The van der Waals surface area contributed by atoms with Gasteiger partial charge in [-0.1, -0.05) is 72.7 Å². The molecule has 0 aliphatic carbocycles. The van der Waals surface area contributed by atoms with Crippen LogP contribution in [0.1, 0.15) is 49.7 Å². The number of amides is 1. The average molecular weight is 389 g/mol. The Morgan fingerprint density at radius 2 is 1.28 bits per heavy atom. The van der Waals surface area contributed by atoms with Gasteiger partial charge in [0.2, 0.25) is 5.91 Å². The molecule has 2 aliphatic rings. The Labute approximate surface area is 175 Å². The first-order valence-corrected chi connectivity index (χ1v) is 11.1. The molecule has 1 amide bonds. The van der Waals surface area contributed by atoms with Gasteiger partial charge in [0.15, 0.2) is 0 Å². The highest BCUT2D eigenvalue weighted by atomic mass is 16.2. The van der Waals surface area contributed by atoms with Gasteiger partial charge >= 0.3 is 0 Å². The van der Waals surface area contributed by atoms with Crippen molar-refractivity contribution in [2.45, 2.75) is 38.5 Å². The molecule has 3 nitrogen and oxygen atoms in total. The van der Waals surface area contributed by atoms with Crippen molar-refractivity contribution in [1.29, 1.82) is 0 Å². The molecule has 0 N–H and O–H groups in total. The molecule has 4 rings (SSSR count). The van der Waals surface area contributed by atoms with E-state index in [1.54, 1.807) is 0 Å². The number of nitrogens with zero attached hydrogens (tertiary/aromatic N) is 2. The fourth-order valence-electron chi connectivity index (χ4n) is 4.66. The monoisotopic (exact) mass is 388 g/mol. The molecular formula is C26H32N2O. The summed E-state index contributed by atoms with van der Waals surface area (Å²) in [6.07, 6.45) is 6.52. The normalized spacial score (nSPS) is 17.9. The zero-order valence-electron chi connectivity index (χ0n) is 17.4. The third-order valence-electron chi connectivity index (χ3n) is 6.29. The van der Waals surface area contributed by atoms with Gasteiger partial charge in [-0.05, 0) is 55.5 Å². The molecule has 3 heteroatoms. The van der Waals surface area contributed by atoms with E-state index < -0.39 is 0 Å². The number of hydrogen-bond acceptors (Lipinski definition) is 2. The molecule has 0 saturated carbocycles. The van der Waals surface area contributed by atoms with Crippen LogP contribution in [0.3, 0.4) is 0 Å². The van der Waals surface area contributed by atoms with Crippen LogP contribution in [0.5, 0.6) is 0 Å². The van der Waals surface area contributed by atoms with Gasteiger partial charge in [-0.2, -0.15) is 0 Å². The van der Waals surface area contributed by atoms with Crippen molar-refractivity contribution >= 4 is 11.5 Å². The highest BCUT2D eigenvalue weighted by Gasteiger charge is 2.22. The number of carbonyl (C=O) groups is 1. The number of piperidine rings is 2. The highest BCUT2D eigenvalue weighted by Crippen LogP contribution is 2.32. The molecule has 2 aromatic carbocycles. The Hall–Kier alpha value is -2.39. The molecule has 0 spiro atoms. The minimum Gasteiger partial charge on any atom is -0.342 e. The van der Waals surface area contributed by atoms with Gasteiger partial charge in [0.1, 0.15) is 0 Å². The largest absolute Gasteiger partial charge is 0.342 e. The molecular weight excluding hydrogens is 356 g/mol. The van der Waals surface area contributed by atoms with E-state index in [1.807, 2.05) is 0 Å². The van der Waals surface area contributed by atoms with Crippen LogP contribution in [0.25, 0.3) is 5.57 Å². The van der Waals surface area contributed by atoms with Crippen LogP contribution in [-0.2, 0) is 4.79 Å². The van der Waals surface area contributed by atoms with Gasteiger partial charge in [0.25, 0.3) is 0 Å². The smallest absolute Gasteiger partial charge is 0.223 e. The van der Waals surface area contributed by atoms with E-state index in [9.17, 15) is 4.79 Å². The van der Waals surface area contributed by atoms with Crippen molar-refractivity contribution in [1.82, 2.24) is 9.80 Å². The summed E-state index contributed by atoms with van der Waals surface area (Å²) in [5.41, 5.74) is 5.38. The van der Waals surface area contributed by atoms with Crippen LogP contribution in [0.4, 0.5) is 0 Å². The highest BCUT2D eigenvalue weighted by molar-refractivity contribution is 5.83. The molecule has 0 atom stereocenters. The van der Waals surface area contributed by atoms with E-state index in [2.05, 4.69) is 70.5 Å². The predicted octanol–water partition coefficient (Wildman–Crippen LogP) is 4.99. The number of likely N-dealkylation sites (tertiary alicyclic amines) is 2. The molecule has 0 unspecified atom stereocenters. The van der Waals surface area contributed by atoms with Crippen LogP contribution in [0, 0.1) is 0 Å². The van der Waals surface area contributed by atoms with E-state index in [0.717, 1.165) is 45.6 Å². The van der Waals surface area contributed by atoms with Crippen molar-refractivity contribution in [3.63, 3.8) is 0 Å². The van der Waals surface area contributed by atoms with Gasteiger partial charge in [-0.25, -0.2) is 0 Å². The van der Waals surface area contributed by atoms with Crippen LogP contribution >= 0.6 is 0 Å². The first-order chi connectivity index (χ1) is 14.3. The van der Waals surface area contributed by atoms with E-state index in [4.69, 9.17) is 0 Å². The molecule has 2 fully saturated rings. The maximum Gasteiger partial charge on any atom is 0.223 e. The Bertz CT molecular complexity index is 771. The Morgan fingerprint density at radius 1 is 0.724 bits per heavy atom. The molecule has 0 radical (unpaired) electrons. The van der Waals surface area contributed by atoms with Crippen molar-refractivity contribution < 1.29 is 4.79 Å². The maximum atomic E-state index is 12.7.